The molecule has 0 saturated heterocycles. The van der Waals surface area contributed by atoms with Crippen LogP contribution in [0, 0.1) is 0 Å². The van der Waals surface area contributed by atoms with Gasteiger partial charge in [0.1, 0.15) is 0 Å². The van der Waals surface area contributed by atoms with Crippen LogP contribution in [0.15, 0.2) is 231 Å². The summed E-state index contributed by atoms with van der Waals surface area (Å²) in [5, 5.41) is 2.50. The summed E-state index contributed by atoms with van der Waals surface area (Å²) in [7, 11) is 0. The Balaban J connectivity index is 1.07. The molecule has 1 heteroatoms. The third kappa shape index (κ3) is 5.70. The van der Waals surface area contributed by atoms with Crippen LogP contribution in [-0.4, -0.2) is 0 Å². The highest BCUT2D eigenvalue weighted by Crippen LogP contribution is 2.56. The summed E-state index contributed by atoms with van der Waals surface area (Å²) >= 11 is 0. The van der Waals surface area contributed by atoms with Gasteiger partial charge in [-0.25, -0.2) is 0 Å². The smallest absolute Gasteiger partial charge is 0.0540 e. The van der Waals surface area contributed by atoms with Gasteiger partial charge in [0.15, 0.2) is 0 Å². The number of rotatable bonds is 7. The van der Waals surface area contributed by atoms with Gasteiger partial charge in [-0.1, -0.05) is 214 Å². The Morgan fingerprint density at radius 2 is 0.859 bits per heavy atom. The Labute approximate surface area is 376 Å². The lowest BCUT2D eigenvalue weighted by Crippen LogP contribution is -2.22. The van der Waals surface area contributed by atoms with Crippen molar-refractivity contribution in [1.82, 2.24) is 0 Å². The van der Waals surface area contributed by atoms with Crippen molar-refractivity contribution in [2.75, 3.05) is 4.90 Å². The molecule has 0 aliphatic heterocycles. The van der Waals surface area contributed by atoms with Crippen LogP contribution in [0.2, 0.25) is 0 Å². The monoisotopic (exact) mass is 817 g/mol. The molecule has 0 aromatic heterocycles. The molecule has 12 rings (SSSR count). The summed E-state index contributed by atoms with van der Waals surface area (Å²) in [5.74, 6) is 0. The summed E-state index contributed by atoms with van der Waals surface area (Å²) in [6, 6.07) is 85.5. The normalized spacial score (nSPS) is 15.3. The van der Waals surface area contributed by atoms with Gasteiger partial charge in [-0.2, -0.15) is 0 Å². The van der Waals surface area contributed by atoms with E-state index in [2.05, 4.69) is 256 Å². The first-order valence-electron chi connectivity index (χ1n) is 22.5. The van der Waals surface area contributed by atoms with Crippen LogP contribution in [0.3, 0.4) is 0 Å². The van der Waals surface area contributed by atoms with Gasteiger partial charge in [0.2, 0.25) is 0 Å². The minimum absolute atomic E-state index is 0.108. The van der Waals surface area contributed by atoms with Crippen molar-refractivity contribution in [3.63, 3.8) is 0 Å². The van der Waals surface area contributed by atoms with Crippen LogP contribution in [0.1, 0.15) is 48.6 Å². The lowest BCUT2D eigenvalue weighted by atomic mass is 9.74. The quantitative estimate of drug-likeness (QED) is 0.155. The number of benzene rings is 10. The Morgan fingerprint density at radius 1 is 0.328 bits per heavy atom. The van der Waals surface area contributed by atoms with Gasteiger partial charge in [-0.05, 0) is 120 Å². The third-order valence-electron chi connectivity index (χ3n) is 14.4. The van der Waals surface area contributed by atoms with Crippen molar-refractivity contribution in [1.29, 1.82) is 0 Å². The van der Waals surface area contributed by atoms with E-state index < -0.39 is 0 Å². The number of fused-ring (bicyclic) bond motifs is 7. The predicted octanol–water partition coefficient (Wildman–Crippen LogP) is 17.0. The summed E-state index contributed by atoms with van der Waals surface area (Å²) in [5.41, 5.74) is 22.2. The topological polar surface area (TPSA) is 3.24 Å². The van der Waals surface area contributed by atoms with Crippen LogP contribution in [0.4, 0.5) is 17.1 Å². The SMILES string of the molecule is CC1(C)c2ccccc2-c2c(-c3ccccc3N(c3ccc(-c4cccc5ccccc45)cc3)c3ccccc3-c3ccc4c(c3)-c3ccccc3C4(C)c3ccccc3)cccc21. The Kier molecular flexibility index (Phi) is 8.71. The predicted molar refractivity (Wildman–Crippen MR) is 270 cm³/mol. The molecule has 2 aliphatic rings. The minimum Gasteiger partial charge on any atom is -0.309 e. The van der Waals surface area contributed by atoms with Crippen LogP contribution in [0.5, 0.6) is 0 Å². The average molecular weight is 818 g/mol. The molecule has 0 saturated carbocycles. The lowest BCUT2D eigenvalue weighted by molar-refractivity contribution is 0.660. The van der Waals surface area contributed by atoms with E-state index in [-0.39, 0.29) is 10.8 Å². The van der Waals surface area contributed by atoms with Gasteiger partial charge < -0.3 is 4.90 Å². The molecule has 10 aromatic rings. The first-order chi connectivity index (χ1) is 31.4. The molecule has 0 fully saturated rings. The fourth-order valence-electron chi connectivity index (χ4n) is 11.2. The summed E-state index contributed by atoms with van der Waals surface area (Å²) < 4.78 is 0. The average Bonchev–Trinajstić information content (AvgIpc) is 3.76. The van der Waals surface area contributed by atoms with E-state index in [1.54, 1.807) is 0 Å². The van der Waals surface area contributed by atoms with Crippen molar-refractivity contribution in [2.45, 2.75) is 31.6 Å². The largest absolute Gasteiger partial charge is 0.309 e. The summed E-state index contributed by atoms with van der Waals surface area (Å²) in [4.78, 5) is 2.50. The fourth-order valence-corrected chi connectivity index (χ4v) is 11.2. The molecule has 10 aromatic carbocycles. The number of hydrogen-bond acceptors (Lipinski definition) is 1. The van der Waals surface area contributed by atoms with E-state index in [0.717, 1.165) is 17.1 Å². The van der Waals surface area contributed by atoms with E-state index in [1.807, 2.05) is 0 Å². The van der Waals surface area contributed by atoms with Crippen LogP contribution >= 0.6 is 0 Å². The Bertz CT molecular complexity index is 3420. The highest BCUT2D eigenvalue weighted by molar-refractivity contribution is 6.01. The second kappa shape index (κ2) is 14.7. The first kappa shape index (κ1) is 38.0. The highest BCUT2D eigenvalue weighted by Gasteiger charge is 2.41. The molecule has 304 valence electrons. The van der Waals surface area contributed by atoms with E-state index >= 15 is 0 Å². The third-order valence-corrected chi connectivity index (χ3v) is 14.4. The van der Waals surface area contributed by atoms with Gasteiger partial charge in [-0.3, -0.25) is 0 Å². The molecule has 0 amide bonds. The maximum Gasteiger partial charge on any atom is 0.0540 e. The molecule has 1 unspecified atom stereocenters. The van der Waals surface area contributed by atoms with Crippen molar-refractivity contribution < 1.29 is 0 Å². The summed E-state index contributed by atoms with van der Waals surface area (Å²) in [6.45, 7) is 7.12. The van der Waals surface area contributed by atoms with Crippen molar-refractivity contribution >= 4 is 27.8 Å². The minimum atomic E-state index is -0.259. The number of hydrogen-bond donors (Lipinski definition) is 0. The number of anilines is 3. The zero-order chi connectivity index (χ0) is 43.0. The van der Waals surface area contributed by atoms with Crippen LogP contribution in [0.25, 0.3) is 66.4 Å². The molecule has 0 N–H and O–H groups in total. The second-order valence-corrected chi connectivity index (χ2v) is 18.1. The molecule has 0 radical (unpaired) electrons. The van der Waals surface area contributed by atoms with Crippen molar-refractivity contribution in [3.8, 4) is 55.6 Å². The Morgan fingerprint density at radius 3 is 1.66 bits per heavy atom. The second-order valence-electron chi connectivity index (χ2n) is 18.1. The summed E-state index contributed by atoms with van der Waals surface area (Å²) in [6.07, 6.45) is 0. The zero-order valence-electron chi connectivity index (χ0n) is 36.4. The van der Waals surface area contributed by atoms with Crippen molar-refractivity contribution in [2.24, 2.45) is 0 Å². The molecule has 0 spiro atoms. The number of nitrogens with zero attached hydrogens (tertiary/aromatic N) is 1. The molecule has 1 atom stereocenters. The van der Waals surface area contributed by atoms with Gasteiger partial charge in [0, 0.05) is 27.6 Å². The van der Waals surface area contributed by atoms with Gasteiger partial charge in [0.05, 0.1) is 11.4 Å². The first-order valence-corrected chi connectivity index (χ1v) is 22.5. The standard InChI is InChI=1S/C63H47N/c1-62(2)55-30-13-10-27-53(55)61-52(29-18-32-58(61)62)51-26-12-16-34-60(51)64(46-38-35-43(36-39-46)48-28-17-20-42-19-7-8-23-47(42)48)59-33-15-11-24-49(59)44-37-40-57-54(41-44)50-25-9-14-31-56(50)63(57,3)45-21-5-4-6-22-45/h4-41H,1-3H3. The van der Waals surface area contributed by atoms with Gasteiger partial charge in [0.25, 0.3) is 0 Å². The molecular formula is C63H47N. The number of para-hydroxylation sites is 2. The highest BCUT2D eigenvalue weighted by atomic mass is 15.1. The molecule has 1 nitrogen and oxygen atoms in total. The van der Waals surface area contributed by atoms with Crippen LogP contribution < -0.4 is 4.90 Å². The van der Waals surface area contributed by atoms with Crippen molar-refractivity contribution in [3.05, 3.63) is 258 Å². The van der Waals surface area contributed by atoms with E-state index in [9.17, 15) is 0 Å². The van der Waals surface area contributed by atoms with Gasteiger partial charge >= 0.3 is 0 Å². The maximum absolute atomic E-state index is 2.50. The van der Waals surface area contributed by atoms with E-state index in [1.165, 1.54) is 94.2 Å². The van der Waals surface area contributed by atoms with Crippen LogP contribution in [-0.2, 0) is 10.8 Å². The molecule has 64 heavy (non-hydrogen) atoms. The fraction of sp³-hybridized carbons (Fsp3) is 0.0794. The molecule has 0 bridgehead atoms. The molecule has 2 aliphatic carbocycles. The van der Waals surface area contributed by atoms with E-state index in [0.29, 0.717) is 0 Å². The Hall–Kier alpha value is -7.74. The van der Waals surface area contributed by atoms with Gasteiger partial charge in [-0.15, -0.1) is 0 Å². The van der Waals surface area contributed by atoms with E-state index in [4.69, 9.17) is 0 Å². The lowest BCUT2D eigenvalue weighted by Gasteiger charge is -2.31. The molecule has 0 heterocycles. The molecular weight excluding hydrogens is 771 g/mol. The maximum atomic E-state index is 2.50. The zero-order valence-corrected chi connectivity index (χ0v) is 36.4.